The standard InChI is InChI=1S/C20H41NO6/c1-4-5-9-23-13-14-25-11-7-20(22)21-8-12-26-16-18-27-17-15-24-10-6-19(2)3/h19H,4-18H2,1-3H3,(H,21,22). The normalized spacial score (nSPS) is 11.3. The van der Waals surface area contributed by atoms with Gasteiger partial charge < -0.3 is 29.0 Å². The highest BCUT2D eigenvalue weighted by atomic mass is 16.5. The lowest BCUT2D eigenvalue weighted by molar-refractivity contribution is -0.122. The minimum Gasteiger partial charge on any atom is -0.379 e. The summed E-state index contributed by atoms with van der Waals surface area (Å²) < 4.78 is 27.0. The number of ether oxygens (including phenoxy) is 5. The highest BCUT2D eigenvalue weighted by Gasteiger charge is 2.01. The van der Waals surface area contributed by atoms with Gasteiger partial charge in [-0.25, -0.2) is 0 Å². The number of amides is 1. The van der Waals surface area contributed by atoms with Crippen LogP contribution in [0.3, 0.4) is 0 Å². The number of nitrogens with one attached hydrogen (secondary N) is 1. The van der Waals surface area contributed by atoms with Crippen molar-refractivity contribution in [2.24, 2.45) is 5.92 Å². The first-order chi connectivity index (χ1) is 13.2. The molecule has 162 valence electrons. The van der Waals surface area contributed by atoms with Gasteiger partial charge in [0, 0.05) is 26.2 Å². The fraction of sp³-hybridized carbons (Fsp3) is 0.950. The van der Waals surface area contributed by atoms with Crippen LogP contribution in [0.4, 0.5) is 0 Å². The fourth-order valence-electron chi connectivity index (χ4n) is 1.95. The largest absolute Gasteiger partial charge is 0.379 e. The zero-order valence-electron chi connectivity index (χ0n) is 17.6. The summed E-state index contributed by atoms with van der Waals surface area (Å²) in [5.41, 5.74) is 0. The Labute approximate surface area is 165 Å². The number of hydrogen-bond donors (Lipinski definition) is 1. The molecule has 0 radical (unpaired) electrons. The summed E-state index contributed by atoms with van der Waals surface area (Å²) in [6, 6.07) is 0. The molecule has 1 N–H and O–H groups in total. The summed E-state index contributed by atoms with van der Waals surface area (Å²) in [6.45, 7) is 12.8. The summed E-state index contributed by atoms with van der Waals surface area (Å²) in [4.78, 5) is 11.6. The van der Waals surface area contributed by atoms with E-state index < -0.39 is 0 Å². The van der Waals surface area contributed by atoms with E-state index in [1.165, 1.54) is 0 Å². The highest BCUT2D eigenvalue weighted by molar-refractivity contribution is 5.75. The molecule has 7 nitrogen and oxygen atoms in total. The van der Waals surface area contributed by atoms with Gasteiger partial charge in [-0.1, -0.05) is 27.2 Å². The van der Waals surface area contributed by atoms with E-state index in [-0.39, 0.29) is 5.91 Å². The number of carbonyl (C=O) groups is 1. The molecule has 0 aliphatic heterocycles. The predicted octanol–water partition coefficient (Wildman–Crippen LogP) is 2.42. The predicted molar refractivity (Wildman–Crippen MR) is 106 cm³/mol. The second-order valence-corrected chi connectivity index (χ2v) is 6.70. The Morgan fingerprint density at radius 2 is 1.26 bits per heavy atom. The molecule has 0 heterocycles. The highest BCUT2D eigenvalue weighted by Crippen LogP contribution is 1.98. The Bertz CT molecular complexity index is 315. The van der Waals surface area contributed by atoms with E-state index in [1.807, 2.05) is 0 Å². The van der Waals surface area contributed by atoms with Crippen LogP contribution in [0.1, 0.15) is 46.5 Å². The Morgan fingerprint density at radius 3 is 1.85 bits per heavy atom. The number of hydrogen-bond acceptors (Lipinski definition) is 6. The van der Waals surface area contributed by atoms with E-state index in [4.69, 9.17) is 23.7 Å². The van der Waals surface area contributed by atoms with Gasteiger partial charge in [0.15, 0.2) is 0 Å². The van der Waals surface area contributed by atoms with Crippen LogP contribution in [0.5, 0.6) is 0 Å². The van der Waals surface area contributed by atoms with Gasteiger partial charge in [-0.15, -0.1) is 0 Å². The molecular weight excluding hydrogens is 350 g/mol. The average Bonchev–Trinajstić information content (AvgIpc) is 2.64. The molecule has 0 aliphatic rings. The minimum atomic E-state index is -0.0275. The maximum absolute atomic E-state index is 11.6. The lowest BCUT2D eigenvalue weighted by Gasteiger charge is -2.09. The maximum Gasteiger partial charge on any atom is 0.222 e. The third-order valence-electron chi connectivity index (χ3n) is 3.64. The summed E-state index contributed by atoms with van der Waals surface area (Å²) >= 11 is 0. The van der Waals surface area contributed by atoms with Crippen LogP contribution < -0.4 is 5.32 Å². The monoisotopic (exact) mass is 391 g/mol. The molecule has 0 saturated heterocycles. The molecule has 27 heavy (non-hydrogen) atoms. The lowest BCUT2D eigenvalue weighted by Crippen LogP contribution is -2.28. The first-order valence-electron chi connectivity index (χ1n) is 10.3. The Morgan fingerprint density at radius 1 is 0.741 bits per heavy atom. The van der Waals surface area contributed by atoms with E-state index >= 15 is 0 Å². The lowest BCUT2D eigenvalue weighted by atomic mass is 10.1. The molecule has 0 aliphatic carbocycles. The van der Waals surface area contributed by atoms with Crippen molar-refractivity contribution in [1.29, 1.82) is 0 Å². The first-order valence-corrected chi connectivity index (χ1v) is 10.3. The van der Waals surface area contributed by atoms with Crippen LogP contribution >= 0.6 is 0 Å². The van der Waals surface area contributed by atoms with Crippen LogP contribution in [0.2, 0.25) is 0 Å². The van der Waals surface area contributed by atoms with E-state index in [1.54, 1.807) is 0 Å². The van der Waals surface area contributed by atoms with Gasteiger partial charge in [-0.2, -0.15) is 0 Å². The molecule has 0 unspecified atom stereocenters. The Hall–Kier alpha value is -0.730. The summed E-state index contributed by atoms with van der Waals surface area (Å²) in [5.74, 6) is 0.641. The smallest absolute Gasteiger partial charge is 0.222 e. The van der Waals surface area contributed by atoms with Gasteiger partial charge >= 0.3 is 0 Å². The quantitative estimate of drug-likeness (QED) is 0.303. The zero-order chi connectivity index (χ0) is 20.0. The molecule has 0 aromatic heterocycles. The van der Waals surface area contributed by atoms with Crippen LogP contribution in [-0.4, -0.2) is 78.5 Å². The van der Waals surface area contributed by atoms with Crippen molar-refractivity contribution in [3.63, 3.8) is 0 Å². The number of carbonyl (C=O) groups excluding carboxylic acids is 1. The van der Waals surface area contributed by atoms with Gasteiger partial charge in [-0.05, 0) is 18.8 Å². The van der Waals surface area contributed by atoms with Crippen molar-refractivity contribution < 1.29 is 28.5 Å². The van der Waals surface area contributed by atoms with Crippen LogP contribution in [0.25, 0.3) is 0 Å². The summed E-state index contributed by atoms with van der Waals surface area (Å²) in [7, 11) is 0. The Balaban J connectivity index is 3.14. The van der Waals surface area contributed by atoms with Gasteiger partial charge in [0.25, 0.3) is 0 Å². The van der Waals surface area contributed by atoms with E-state index in [9.17, 15) is 4.79 Å². The fourth-order valence-corrected chi connectivity index (χ4v) is 1.95. The molecular formula is C20H41NO6. The van der Waals surface area contributed by atoms with Crippen molar-refractivity contribution in [3.8, 4) is 0 Å². The average molecular weight is 392 g/mol. The Kier molecular flexibility index (Phi) is 21.0. The van der Waals surface area contributed by atoms with Crippen LogP contribution in [0, 0.1) is 5.92 Å². The molecule has 7 heteroatoms. The second-order valence-electron chi connectivity index (χ2n) is 6.70. The van der Waals surface area contributed by atoms with Crippen molar-refractivity contribution in [3.05, 3.63) is 0 Å². The molecule has 0 fully saturated rings. The molecule has 0 atom stereocenters. The summed E-state index contributed by atoms with van der Waals surface area (Å²) in [6.07, 6.45) is 3.64. The maximum atomic E-state index is 11.6. The molecule has 0 spiro atoms. The van der Waals surface area contributed by atoms with Gasteiger partial charge in [-0.3, -0.25) is 4.79 Å². The topological polar surface area (TPSA) is 75.3 Å². The SMILES string of the molecule is CCCCOCCOCCC(=O)NCCOCCOCCOCCC(C)C. The van der Waals surface area contributed by atoms with E-state index in [0.29, 0.717) is 71.7 Å². The first kappa shape index (κ1) is 26.3. The van der Waals surface area contributed by atoms with Gasteiger partial charge in [0.1, 0.15) is 0 Å². The van der Waals surface area contributed by atoms with Crippen molar-refractivity contribution in [2.75, 3.05) is 72.6 Å². The second kappa shape index (κ2) is 21.6. The van der Waals surface area contributed by atoms with E-state index in [2.05, 4.69) is 26.1 Å². The van der Waals surface area contributed by atoms with Crippen molar-refractivity contribution >= 4 is 5.91 Å². The van der Waals surface area contributed by atoms with Crippen molar-refractivity contribution in [1.82, 2.24) is 5.32 Å². The molecule has 0 aromatic rings. The third-order valence-corrected chi connectivity index (χ3v) is 3.64. The zero-order valence-corrected chi connectivity index (χ0v) is 17.6. The third kappa shape index (κ3) is 23.2. The van der Waals surface area contributed by atoms with Gasteiger partial charge in [0.2, 0.25) is 5.91 Å². The number of unbranched alkanes of at least 4 members (excludes halogenated alkanes) is 1. The van der Waals surface area contributed by atoms with Crippen LogP contribution in [0.15, 0.2) is 0 Å². The molecule has 1 amide bonds. The molecule has 0 bridgehead atoms. The van der Waals surface area contributed by atoms with E-state index in [0.717, 1.165) is 32.5 Å². The molecule has 0 aromatic carbocycles. The number of rotatable bonds is 21. The summed E-state index contributed by atoms with van der Waals surface area (Å²) in [5, 5.41) is 2.80. The van der Waals surface area contributed by atoms with Crippen molar-refractivity contribution in [2.45, 2.75) is 46.5 Å². The minimum absolute atomic E-state index is 0.0275. The van der Waals surface area contributed by atoms with Crippen LogP contribution in [-0.2, 0) is 28.5 Å². The molecule has 0 saturated carbocycles. The molecule has 0 rings (SSSR count). The van der Waals surface area contributed by atoms with Gasteiger partial charge in [0.05, 0.1) is 52.9 Å².